The van der Waals surface area contributed by atoms with E-state index in [9.17, 15) is 10.1 Å². The first-order valence-corrected chi connectivity index (χ1v) is 7.54. The summed E-state index contributed by atoms with van der Waals surface area (Å²) in [4.78, 5) is 12.9. The first kappa shape index (κ1) is 14.1. The Labute approximate surface area is 124 Å². The third-order valence-electron chi connectivity index (χ3n) is 4.18. The van der Waals surface area contributed by atoms with Gasteiger partial charge in [0.25, 0.3) is 5.69 Å². The topological polar surface area (TPSA) is 81.6 Å². The third kappa shape index (κ3) is 3.44. The molecule has 1 aromatic rings. The van der Waals surface area contributed by atoms with Gasteiger partial charge in [-0.2, -0.15) is 0 Å². The standard InChI is InChI=1S/C15H21N3O3/c16-12-5-6-14(18(19)20)15(8-12)17-7-1-2-13(9-17)21-10-11-3-4-11/h5-6,8,11,13H,1-4,7,9-10,16H2. The summed E-state index contributed by atoms with van der Waals surface area (Å²) in [5, 5.41) is 11.2. The molecule has 2 aliphatic rings. The monoisotopic (exact) mass is 291 g/mol. The van der Waals surface area contributed by atoms with E-state index in [0.717, 1.165) is 31.9 Å². The summed E-state index contributed by atoms with van der Waals surface area (Å²) in [5.41, 5.74) is 7.08. The lowest BCUT2D eigenvalue weighted by Crippen LogP contribution is -2.40. The summed E-state index contributed by atoms with van der Waals surface area (Å²) in [7, 11) is 0. The van der Waals surface area contributed by atoms with Crippen molar-refractivity contribution < 1.29 is 9.66 Å². The normalized spacial score (nSPS) is 22.3. The van der Waals surface area contributed by atoms with Crippen LogP contribution in [0, 0.1) is 16.0 Å². The van der Waals surface area contributed by atoms with Crippen molar-refractivity contribution in [2.75, 3.05) is 30.3 Å². The van der Waals surface area contributed by atoms with Gasteiger partial charge in [-0.05, 0) is 43.7 Å². The van der Waals surface area contributed by atoms with E-state index in [2.05, 4.69) is 0 Å². The molecule has 0 aromatic heterocycles. The molecule has 0 spiro atoms. The first-order valence-electron chi connectivity index (χ1n) is 7.54. The van der Waals surface area contributed by atoms with Gasteiger partial charge < -0.3 is 15.4 Å². The van der Waals surface area contributed by atoms with Crippen molar-refractivity contribution in [1.29, 1.82) is 0 Å². The number of hydrogen-bond acceptors (Lipinski definition) is 5. The number of piperidine rings is 1. The molecule has 1 saturated heterocycles. The maximum Gasteiger partial charge on any atom is 0.292 e. The Morgan fingerprint density at radius 2 is 2.19 bits per heavy atom. The molecule has 2 fully saturated rings. The van der Waals surface area contributed by atoms with Crippen LogP contribution < -0.4 is 10.6 Å². The molecule has 6 heteroatoms. The molecule has 0 radical (unpaired) electrons. The number of nitro benzene ring substituents is 1. The van der Waals surface area contributed by atoms with Crippen LogP contribution in [0.3, 0.4) is 0 Å². The smallest absolute Gasteiger partial charge is 0.292 e. The van der Waals surface area contributed by atoms with Crippen LogP contribution >= 0.6 is 0 Å². The van der Waals surface area contributed by atoms with E-state index in [0.29, 0.717) is 17.9 Å². The second kappa shape index (κ2) is 5.89. The van der Waals surface area contributed by atoms with E-state index >= 15 is 0 Å². The van der Waals surface area contributed by atoms with Crippen molar-refractivity contribution in [3.05, 3.63) is 28.3 Å². The Morgan fingerprint density at radius 3 is 2.90 bits per heavy atom. The second-order valence-corrected chi connectivity index (χ2v) is 5.99. The number of benzene rings is 1. The molecule has 0 amide bonds. The van der Waals surface area contributed by atoms with Crippen molar-refractivity contribution in [2.24, 2.45) is 5.92 Å². The van der Waals surface area contributed by atoms with Crippen molar-refractivity contribution >= 4 is 17.1 Å². The van der Waals surface area contributed by atoms with Gasteiger partial charge in [0.15, 0.2) is 0 Å². The molecule has 1 aromatic carbocycles. The van der Waals surface area contributed by atoms with Crippen LogP contribution in [0.2, 0.25) is 0 Å². The van der Waals surface area contributed by atoms with Gasteiger partial charge in [0, 0.05) is 31.5 Å². The highest BCUT2D eigenvalue weighted by atomic mass is 16.6. The minimum atomic E-state index is -0.344. The fourth-order valence-corrected chi connectivity index (χ4v) is 2.80. The molecule has 114 valence electrons. The molecular formula is C15H21N3O3. The second-order valence-electron chi connectivity index (χ2n) is 5.99. The lowest BCUT2D eigenvalue weighted by atomic mass is 10.1. The van der Waals surface area contributed by atoms with Gasteiger partial charge in [-0.25, -0.2) is 0 Å². The number of anilines is 2. The predicted molar refractivity (Wildman–Crippen MR) is 81.4 cm³/mol. The summed E-state index contributed by atoms with van der Waals surface area (Å²) in [6, 6.07) is 4.76. The molecule has 3 rings (SSSR count). The van der Waals surface area contributed by atoms with Gasteiger partial charge in [0.05, 0.1) is 11.0 Å². The van der Waals surface area contributed by atoms with Gasteiger partial charge in [-0.3, -0.25) is 10.1 Å². The Hall–Kier alpha value is -1.82. The fraction of sp³-hybridized carbons (Fsp3) is 0.600. The molecule has 0 bridgehead atoms. The molecule has 1 aliphatic carbocycles. The highest BCUT2D eigenvalue weighted by Gasteiger charge is 2.28. The Morgan fingerprint density at radius 1 is 1.38 bits per heavy atom. The lowest BCUT2D eigenvalue weighted by molar-refractivity contribution is -0.384. The molecule has 6 nitrogen and oxygen atoms in total. The number of nitrogens with zero attached hydrogens (tertiary/aromatic N) is 2. The fourth-order valence-electron chi connectivity index (χ4n) is 2.80. The largest absolute Gasteiger partial charge is 0.399 e. The minimum Gasteiger partial charge on any atom is -0.399 e. The average molecular weight is 291 g/mol. The molecule has 1 heterocycles. The lowest BCUT2D eigenvalue weighted by Gasteiger charge is -2.34. The van der Waals surface area contributed by atoms with Crippen LogP contribution in [0.25, 0.3) is 0 Å². The zero-order chi connectivity index (χ0) is 14.8. The average Bonchev–Trinajstić information content (AvgIpc) is 3.29. The molecule has 1 saturated carbocycles. The summed E-state index contributed by atoms with van der Waals surface area (Å²) in [6.07, 6.45) is 4.73. The number of nitrogen functional groups attached to an aromatic ring is 1. The van der Waals surface area contributed by atoms with E-state index < -0.39 is 0 Å². The predicted octanol–water partition coefficient (Wildman–Crippen LogP) is 2.57. The van der Waals surface area contributed by atoms with Crippen molar-refractivity contribution in [3.63, 3.8) is 0 Å². The number of nitro groups is 1. The molecule has 1 aliphatic heterocycles. The third-order valence-corrected chi connectivity index (χ3v) is 4.18. The maximum absolute atomic E-state index is 11.2. The van der Waals surface area contributed by atoms with Crippen LogP contribution in [-0.2, 0) is 4.74 Å². The molecule has 2 N–H and O–H groups in total. The van der Waals surface area contributed by atoms with Gasteiger partial charge in [0.2, 0.25) is 0 Å². The Kier molecular flexibility index (Phi) is 3.96. The minimum absolute atomic E-state index is 0.118. The summed E-state index contributed by atoms with van der Waals surface area (Å²) in [6.45, 7) is 2.35. The van der Waals surface area contributed by atoms with Gasteiger partial charge >= 0.3 is 0 Å². The van der Waals surface area contributed by atoms with E-state index in [1.54, 1.807) is 12.1 Å². The van der Waals surface area contributed by atoms with Crippen LogP contribution in [0.4, 0.5) is 17.1 Å². The van der Waals surface area contributed by atoms with Crippen LogP contribution in [0.5, 0.6) is 0 Å². The summed E-state index contributed by atoms with van der Waals surface area (Å²) < 4.78 is 5.95. The first-order chi connectivity index (χ1) is 10.1. The number of nitrogens with two attached hydrogens (primary N) is 1. The number of hydrogen-bond donors (Lipinski definition) is 1. The molecule has 1 unspecified atom stereocenters. The summed E-state index contributed by atoms with van der Waals surface area (Å²) >= 11 is 0. The highest BCUT2D eigenvalue weighted by Crippen LogP contribution is 2.33. The molecular weight excluding hydrogens is 270 g/mol. The highest BCUT2D eigenvalue weighted by molar-refractivity contribution is 5.68. The Balaban J connectivity index is 1.72. The number of ether oxygens (including phenoxy) is 1. The van der Waals surface area contributed by atoms with Gasteiger partial charge in [0.1, 0.15) is 5.69 Å². The zero-order valence-corrected chi connectivity index (χ0v) is 12.0. The number of rotatable bonds is 5. The summed E-state index contributed by atoms with van der Waals surface area (Å²) in [5.74, 6) is 0.738. The van der Waals surface area contributed by atoms with Gasteiger partial charge in [-0.1, -0.05) is 0 Å². The molecule has 21 heavy (non-hydrogen) atoms. The molecule has 1 atom stereocenters. The van der Waals surface area contributed by atoms with E-state index in [1.165, 1.54) is 18.9 Å². The van der Waals surface area contributed by atoms with Crippen molar-refractivity contribution in [1.82, 2.24) is 0 Å². The van der Waals surface area contributed by atoms with Crippen molar-refractivity contribution in [2.45, 2.75) is 31.8 Å². The Bertz CT molecular complexity index is 531. The van der Waals surface area contributed by atoms with E-state index in [-0.39, 0.29) is 16.7 Å². The van der Waals surface area contributed by atoms with Crippen LogP contribution in [0.15, 0.2) is 18.2 Å². The van der Waals surface area contributed by atoms with Crippen LogP contribution in [0.1, 0.15) is 25.7 Å². The zero-order valence-electron chi connectivity index (χ0n) is 12.0. The van der Waals surface area contributed by atoms with Crippen molar-refractivity contribution in [3.8, 4) is 0 Å². The SMILES string of the molecule is Nc1ccc([N+](=O)[O-])c(N2CCCC(OCC3CC3)C2)c1. The maximum atomic E-state index is 11.2. The van der Waals surface area contributed by atoms with Crippen LogP contribution in [-0.4, -0.2) is 30.7 Å². The van der Waals surface area contributed by atoms with E-state index in [4.69, 9.17) is 10.5 Å². The quantitative estimate of drug-likeness (QED) is 0.512. The van der Waals surface area contributed by atoms with E-state index in [1.807, 2.05) is 4.90 Å². The van der Waals surface area contributed by atoms with Gasteiger partial charge in [-0.15, -0.1) is 0 Å².